The molecule has 0 saturated carbocycles. The smallest absolute Gasteiger partial charge is 0.220 e. The first-order chi connectivity index (χ1) is 10.0. The van der Waals surface area contributed by atoms with E-state index < -0.39 is 5.54 Å². The standard InChI is InChI=1S/C17H28N2O2.ClH/c1-17(2,14-10-7-8-11-15(14)21-3)19-16(20)12-6-4-5-9-13-18;/h7-8,10-11H,4-6,9,12-13,18H2,1-3H3,(H,19,20);1H. The van der Waals surface area contributed by atoms with Crippen LogP contribution in [0.3, 0.4) is 0 Å². The summed E-state index contributed by atoms with van der Waals surface area (Å²) in [6.07, 6.45) is 4.66. The van der Waals surface area contributed by atoms with Gasteiger partial charge in [0.15, 0.2) is 0 Å². The fourth-order valence-corrected chi connectivity index (χ4v) is 2.42. The van der Waals surface area contributed by atoms with Gasteiger partial charge < -0.3 is 15.8 Å². The molecule has 5 heteroatoms. The zero-order valence-corrected chi connectivity index (χ0v) is 14.7. The van der Waals surface area contributed by atoms with Crippen LogP contribution >= 0.6 is 12.4 Å². The van der Waals surface area contributed by atoms with Crippen molar-refractivity contribution in [1.29, 1.82) is 0 Å². The highest BCUT2D eigenvalue weighted by Crippen LogP contribution is 2.29. The highest BCUT2D eigenvalue weighted by Gasteiger charge is 2.25. The van der Waals surface area contributed by atoms with Gasteiger partial charge in [-0.3, -0.25) is 4.79 Å². The molecule has 1 aromatic carbocycles. The molecule has 0 aliphatic heterocycles. The van der Waals surface area contributed by atoms with Gasteiger partial charge in [-0.15, -0.1) is 12.4 Å². The molecule has 0 aliphatic rings. The van der Waals surface area contributed by atoms with E-state index in [9.17, 15) is 4.79 Å². The van der Waals surface area contributed by atoms with Crippen LogP contribution < -0.4 is 15.8 Å². The normalized spacial score (nSPS) is 10.7. The quantitative estimate of drug-likeness (QED) is 0.683. The van der Waals surface area contributed by atoms with Crippen molar-refractivity contribution in [3.8, 4) is 5.75 Å². The Labute approximate surface area is 140 Å². The number of hydrogen-bond acceptors (Lipinski definition) is 3. The van der Waals surface area contributed by atoms with Gasteiger partial charge in [0.05, 0.1) is 12.6 Å². The first-order valence-electron chi connectivity index (χ1n) is 7.66. The van der Waals surface area contributed by atoms with E-state index >= 15 is 0 Å². The van der Waals surface area contributed by atoms with Gasteiger partial charge in [0.25, 0.3) is 0 Å². The third kappa shape index (κ3) is 6.67. The lowest BCUT2D eigenvalue weighted by Gasteiger charge is -2.28. The van der Waals surface area contributed by atoms with Crippen molar-refractivity contribution in [2.45, 2.75) is 51.5 Å². The second kappa shape index (κ2) is 10.5. The minimum Gasteiger partial charge on any atom is -0.496 e. The van der Waals surface area contributed by atoms with Crippen molar-refractivity contribution >= 4 is 18.3 Å². The summed E-state index contributed by atoms with van der Waals surface area (Å²) in [5.74, 6) is 0.879. The van der Waals surface area contributed by atoms with Crippen molar-refractivity contribution in [2.75, 3.05) is 13.7 Å². The second-order valence-corrected chi connectivity index (χ2v) is 5.83. The molecule has 0 bridgehead atoms. The average molecular weight is 329 g/mol. The highest BCUT2D eigenvalue weighted by atomic mass is 35.5. The summed E-state index contributed by atoms with van der Waals surface area (Å²) in [7, 11) is 1.65. The predicted molar refractivity (Wildman–Crippen MR) is 93.6 cm³/mol. The van der Waals surface area contributed by atoms with E-state index in [1.54, 1.807) is 7.11 Å². The van der Waals surface area contributed by atoms with Crippen LogP contribution in [-0.2, 0) is 10.3 Å². The Bertz CT molecular complexity index is 450. The van der Waals surface area contributed by atoms with Gasteiger partial charge >= 0.3 is 0 Å². The number of halogens is 1. The number of nitrogens with two attached hydrogens (primary N) is 1. The van der Waals surface area contributed by atoms with Crippen molar-refractivity contribution in [3.05, 3.63) is 29.8 Å². The topological polar surface area (TPSA) is 64.3 Å². The van der Waals surface area contributed by atoms with Crippen LogP contribution in [0.4, 0.5) is 0 Å². The van der Waals surface area contributed by atoms with E-state index in [0.29, 0.717) is 6.42 Å². The number of methoxy groups -OCH3 is 1. The Morgan fingerprint density at radius 3 is 2.45 bits per heavy atom. The van der Waals surface area contributed by atoms with Gasteiger partial charge in [0.2, 0.25) is 5.91 Å². The molecule has 0 aliphatic carbocycles. The highest BCUT2D eigenvalue weighted by molar-refractivity contribution is 5.85. The summed E-state index contributed by atoms with van der Waals surface area (Å²) in [4.78, 5) is 12.1. The Morgan fingerprint density at radius 2 is 1.82 bits per heavy atom. The largest absolute Gasteiger partial charge is 0.496 e. The molecule has 0 heterocycles. The fraction of sp³-hybridized carbons (Fsp3) is 0.588. The zero-order valence-electron chi connectivity index (χ0n) is 13.9. The summed E-state index contributed by atoms with van der Waals surface area (Å²) in [6, 6.07) is 7.78. The molecular weight excluding hydrogens is 300 g/mol. The Balaban J connectivity index is 0.00000441. The Hall–Kier alpha value is -1.26. The van der Waals surface area contributed by atoms with E-state index in [4.69, 9.17) is 10.5 Å². The fourth-order valence-electron chi connectivity index (χ4n) is 2.42. The van der Waals surface area contributed by atoms with Gasteiger partial charge in [-0.05, 0) is 39.3 Å². The number of carbonyl (C=O) groups excluding carboxylic acids is 1. The lowest BCUT2D eigenvalue weighted by molar-refractivity contribution is -0.122. The molecule has 0 fully saturated rings. The molecule has 0 unspecified atom stereocenters. The number of benzene rings is 1. The molecule has 0 aromatic heterocycles. The molecule has 0 spiro atoms. The summed E-state index contributed by atoms with van der Waals surface area (Å²) in [6.45, 7) is 4.72. The molecule has 0 saturated heterocycles. The molecule has 4 nitrogen and oxygen atoms in total. The van der Waals surface area contributed by atoms with Gasteiger partial charge in [-0.1, -0.05) is 31.0 Å². The summed E-state index contributed by atoms with van der Waals surface area (Å²) in [5.41, 5.74) is 6.00. The van der Waals surface area contributed by atoms with Gasteiger partial charge in [-0.25, -0.2) is 0 Å². The minimum absolute atomic E-state index is 0. The molecule has 22 heavy (non-hydrogen) atoms. The molecule has 126 valence electrons. The predicted octanol–water partition coefficient (Wildman–Crippen LogP) is 3.38. The number of nitrogens with one attached hydrogen (secondary N) is 1. The first kappa shape index (κ1) is 20.7. The van der Waals surface area contributed by atoms with E-state index in [2.05, 4.69) is 5.32 Å². The Kier molecular flexibility index (Phi) is 9.86. The number of amides is 1. The third-order valence-electron chi connectivity index (χ3n) is 3.59. The molecule has 3 N–H and O–H groups in total. The van der Waals surface area contributed by atoms with E-state index in [1.165, 1.54) is 0 Å². The van der Waals surface area contributed by atoms with Crippen LogP contribution in [-0.4, -0.2) is 19.6 Å². The molecule has 0 radical (unpaired) electrons. The van der Waals surface area contributed by atoms with Crippen LogP contribution in [0.2, 0.25) is 0 Å². The molecule has 1 rings (SSSR count). The summed E-state index contributed by atoms with van der Waals surface area (Å²) in [5, 5.41) is 3.09. The van der Waals surface area contributed by atoms with Crippen molar-refractivity contribution < 1.29 is 9.53 Å². The average Bonchev–Trinajstić information content (AvgIpc) is 2.46. The zero-order chi connectivity index (χ0) is 15.7. The van der Waals surface area contributed by atoms with Crippen LogP contribution in [0.15, 0.2) is 24.3 Å². The lowest BCUT2D eigenvalue weighted by atomic mass is 9.93. The van der Waals surface area contributed by atoms with Gasteiger partial charge in [0, 0.05) is 12.0 Å². The summed E-state index contributed by atoms with van der Waals surface area (Å²) < 4.78 is 5.38. The second-order valence-electron chi connectivity index (χ2n) is 5.83. The number of ether oxygens (including phenoxy) is 1. The molecule has 1 amide bonds. The van der Waals surface area contributed by atoms with Crippen molar-refractivity contribution in [1.82, 2.24) is 5.32 Å². The number of hydrogen-bond donors (Lipinski definition) is 2. The van der Waals surface area contributed by atoms with Gasteiger partial charge in [0.1, 0.15) is 5.75 Å². The number of carbonyl (C=O) groups is 1. The van der Waals surface area contributed by atoms with Crippen LogP contribution in [0.5, 0.6) is 5.75 Å². The molecule has 1 aromatic rings. The minimum atomic E-state index is -0.444. The van der Waals surface area contributed by atoms with Crippen molar-refractivity contribution in [3.63, 3.8) is 0 Å². The van der Waals surface area contributed by atoms with Crippen molar-refractivity contribution in [2.24, 2.45) is 5.73 Å². The monoisotopic (exact) mass is 328 g/mol. The number of unbranched alkanes of at least 4 members (excludes halogenated alkanes) is 3. The lowest BCUT2D eigenvalue weighted by Crippen LogP contribution is -2.41. The van der Waals surface area contributed by atoms with Crippen LogP contribution in [0, 0.1) is 0 Å². The number of rotatable bonds is 9. The van der Waals surface area contributed by atoms with E-state index in [1.807, 2.05) is 38.1 Å². The molecule has 0 atom stereocenters. The Morgan fingerprint density at radius 1 is 1.18 bits per heavy atom. The maximum Gasteiger partial charge on any atom is 0.220 e. The maximum absolute atomic E-state index is 12.1. The van der Waals surface area contributed by atoms with Crippen LogP contribution in [0.1, 0.15) is 51.5 Å². The van der Waals surface area contributed by atoms with E-state index in [0.717, 1.165) is 43.5 Å². The summed E-state index contributed by atoms with van der Waals surface area (Å²) >= 11 is 0. The molecular formula is C17H29ClN2O2. The SMILES string of the molecule is COc1ccccc1C(C)(C)NC(=O)CCCCCCN.Cl. The first-order valence-corrected chi connectivity index (χ1v) is 7.66. The maximum atomic E-state index is 12.1. The van der Waals surface area contributed by atoms with Crippen LogP contribution in [0.25, 0.3) is 0 Å². The number of para-hydroxylation sites is 1. The van der Waals surface area contributed by atoms with E-state index in [-0.39, 0.29) is 18.3 Å². The van der Waals surface area contributed by atoms with Gasteiger partial charge in [-0.2, -0.15) is 0 Å². The third-order valence-corrected chi connectivity index (χ3v) is 3.59.